The summed E-state index contributed by atoms with van der Waals surface area (Å²) in [5, 5.41) is 2.99. The third-order valence-corrected chi connectivity index (χ3v) is 4.27. The second-order valence-electron chi connectivity index (χ2n) is 5.77. The third kappa shape index (κ3) is 3.61. The number of unbranched alkanes of at least 4 members (excludes halogenated alkanes) is 1. The molecule has 1 aliphatic carbocycles. The van der Waals surface area contributed by atoms with Gasteiger partial charge in [0.1, 0.15) is 0 Å². The monoisotopic (exact) mass is 255 g/mol. The number of amides is 2. The molecule has 2 atom stereocenters. The van der Waals surface area contributed by atoms with Gasteiger partial charge in [0.15, 0.2) is 0 Å². The Bertz CT molecular complexity index is 270. The second kappa shape index (κ2) is 6.98. The number of nitrogens with zero attached hydrogens (tertiary/aromatic N) is 1. The molecule has 18 heavy (non-hydrogen) atoms. The lowest BCUT2D eigenvalue weighted by molar-refractivity contribution is 0.0845. The Balaban J connectivity index is 2.60. The van der Waals surface area contributed by atoms with Gasteiger partial charge in [0, 0.05) is 20.1 Å². The van der Waals surface area contributed by atoms with Crippen LogP contribution in [0.2, 0.25) is 0 Å². The molecule has 0 heterocycles. The molecule has 0 aromatic heterocycles. The second-order valence-corrected chi connectivity index (χ2v) is 5.77. The lowest BCUT2D eigenvalue weighted by Crippen LogP contribution is -2.59. The molecule has 1 saturated carbocycles. The minimum Gasteiger partial charge on any atom is -0.338 e. The van der Waals surface area contributed by atoms with Crippen LogP contribution < -0.4 is 11.1 Å². The van der Waals surface area contributed by atoms with Gasteiger partial charge in [-0.2, -0.15) is 0 Å². The maximum Gasteiger partial charge on any atom is 0.317 e. The number of urea groups is 1. The van der Waals surface area contributed by atoms with E-state index in [-0.39, 0.29) is 11.6 Å². The average Bonchev–Trinajstić information content (AvgIpc) is 2.37. The molecule has 0 aromatic carbocycles. The van der Waals surface area contributed by atoms with E-state index in [9.17, 15) is 4.79 Å². The Morgan fingerprint density at radius 2 is 2.28 bits per heavy atom. The predicted molar refractivity (Wildman–Crippen MR) is 75.5 cm³/mol. The van der Waals surface area contributed by atoms with Crippen molar-refractivity contribution in [1.29, 1.82) is 0 Å². The zero-order chi connectivity index (χ0) is 13.6. The summed E-state index contributed by atoms with van der Waals surface area (Å²) >= 11 is 0. The minimum absolute atomic E-state index is 0.0306. The van der Waals surface area contributed by atoms with E-state index in [0.29, 0.717) is 12.5 Å². The molecule has 0 spiro atoms. The first kappa shape index (κ1) is 15.3. The highest BCUT2D eigenvalue weighted by Crippen LogP contribution is 2.35. The number of nitrogens with one attached hydrogen (secondary N) is 1. The fourth-order valence-electron chi connectivity index (χ4n) is 2.97. The van der Waals surface area contributed by atoms with E-state index in [1.807, 2.05) is 11.9 Å². The van der Waals surface area contributed by atoms with Crippen LogP contribution in [0, 0.1) is 5.92 Å². The topological polar surface area (TPSA) is 58.4 Å². The standard InChI is InChI=1S/C14H29N3O/c1-4-5-9-16-13(18)17(3)14(11-15)8-6-7-12(2)10-14/h12H,4-11,15H2,1-3H3,(H,16,18). The molecular formula is C14H29N3O. The van der Waals surface area contributed by atoms with Crippen LogP contribution >= 0.6 is 0 Å². The van der Waals surface area contributed by atoms with Gasteiger partial charge >= 0.3 is 6.03 Å². The highest BCUT2D eigenvalue weighted by molar-refractivity contribution is 5.74. The molecule has 0 aromatic rings. The van der Waals surface area contributed by atoms with Gasteiger partial charge in [0.05, 0.1) is 5.54 Å². The Kier molecular flexibility index (Phi) is 5.93. The van der Waals surface area contributed by atoms with Crippen molar-refractivity contribution in [2.45, 2.75) is 57.9 Å². The number of carbonyl (C=O) groups is 1. The summed E-state index contributed by atoms with van der Waals surface area (Å²) in [6.45, 7) is 5.71. The van der Waals surface area contributed by atoms with Crippen LogP contribution in [-0.2, 0) is 0 Å². The molecule has 0 aliphatic heterocycles. The van der Waals surface area contributed by atoms with E-state index in [0.717, 1.165) is 32.2 Å². The number of hydrogen-bond donors (Lipinski definition) is 2. The van der Waals surface area contributed by atoms with E-state index >= 15 is 0 Å². The predicted octanol–water partition coefficient (Wildman–Crippen LogP) is 2.34. The zero-order valence-electron chi connectivity index (χ0n) is 12.2. The number of carbonyl (C=O) groups excluding carboxylic acids is 1. The van der Waals surface area contributed by atoms with E-state index in [1.54, 1.807) is 0 Å². The molecule has 4 heteroatoms. The van der Waals surface area contributed by atoms with Crippen LogP contribution in [0.25, 0.3) is 0 Å². The molecule has 1 aliphatic rings. The van der Waals surface area contributed by atoms with Crippen LogP contribution in [0.1, 0.15) is 52.4 Å². The van der Waals surface area contributed by atoms with Crippen LogP contribution in [0.5, 0.6) is 0 Å². The van der Waals surface area contributed by atoms with Gasteiger partial charge in [0.25, 0.3) is 0 Å². The fourth-order valence-corrected chi connectivity index (χ4v) is 2.97. The summed E-state index contributed by atoms with van der Waals surface area (Å²) in [5.74, 6) is 0.660. The van der Waals surface area contributed by atoms with Gasteiger partial charge in [-0.3, -0.25) is 0 Å². The normalized spacial score (nSPS) is 27.9. The summed E-state index contributed by atoms with van der Waals surface area (Å²) in [5.41, 5.74) is 5.84. The lowest BCUT2D eigenvalue weighted by atomic mass is 9.75. The molecule has 0 radical (unpaired) electrons. The quantitative estimate of drug-likeness (QED) is 0.741. The molecule has 0 bridgehead atoms. The van der Waals surface area contributed by atoms with Crippen LogP contribution in [0.15, 0.2) is 0 Å². The molecule has 1 rings (SSSR count). The molecule has 106 valence electrons. The van der Waals surface area contributed by atoms with Crippen LogP contribution in [0.3, 0.4) is 0 Å². The molecule has 2 unspecified atom stereocenters. The zero-order valence-corrected chi connectivity index (χ0v) is 12.2. The maximum atomic E-state index is 12.1. The molecule has 4 nitrogen and oxygen atoms in total. The van der Waals surface area contributed by atoms with Crippen molar-refractivity contribution in [3.05, 3.63) is 0 Å². The number of hydrogen-bond acceptors (Lipinski definition) is 2. The van der Waals surface area contributed by atoms with Crippen molar-refractivity contribution in [2.75, 3.05) is 20.1 Å². The number of nitrogens with two attached hydrogens (primary N) is 1. The van der Waals surface area contributed by atoms with Crippen molar-refractivity contribution in [3.63, 3.8) is 0 Å². The highest BCUT2D eigenvalue weighted by atomic mass is 16.2. The molecule has 2 amide bonds. The molecular weight excluding hydrogens is 226 g/mol. The maximum absolute atomic E-state index is 12.1. The van der Waals surface area contributed by atoms with E-state index < -0.39 is 0 Å². The Morgan fingerprint density at radius 1 is 1.56 bits per heavy atom. The number of rotatable bonds is 5. The first-order chi connectivity index (χ1) is 8.55. The van der Waals surface area contributed by atoms with Gasteiger partial charge in [-0.15, -0.1) is 0 Å². The SMILES string of the molecule is CCCCNC(=O)N(C)C1(CN)CCCC(C)C1. The van der Waals surface area contributed by atoms with Crippen molar-refractivity contribution < 1.29 is 4.79 Å². The molecule has 1 fully saturated rings. The van der Waals surface area contributed by atoms with E-state index in [2.05, 4.69) is 19.2 Å². The third-order valence-electron chi connectivity index (χ3n) is 4.27. The van der Waals surface area contributed by atoms with Crippen LogP contribution in [0.4, 0.5) is 4.79 Å². The first-order valence-electron chi connectivity index (χ1n) is 7.27. The van der Waals surface area contributed by atoms with Gasteiger partial charge in [-0.1, -0.05) is 33.1 Å². The largest absolute Gasteiger partial charge is 0.338 e. The van der Waals surface area contributed by atoms with Crippen molar-refractivity contribution in [3.8, 4) is 0 Å². The smallest absolute Gasteiger partial charge is 0.317 e. The summed E-state index contributed by atoms with van der Waals surface area (Å²) in [7, 11) is 1.90. The lowest BCUT2D eigenvalue weighted by Gasteiger charge is -2.45. The van der Waals surface area contributed by atoms with Gasteiger partial charge < -0.3 is 16.0 Å². The number of likely N-dealkylation sites (N-methyl/N-ethyl adjacent to an activating group) is 1. The van der Waals surface area contributed by atoms with E-state index in [1.165, 1.54) is 12.8 Å². The Labute approximate surface area is 111 Å². The van der Waals surface area contributed by atoms with Crippen molar-refractivity contribution in [1.82, 2.24) is 10.2 Å². The van der Waals surface area contributed by atoms with Crippen molar-refractivity contribution in [2.24, 2.45) is 11.7 Å². The molecule has 0 saturated heterocycles. The summed E-state index contributed by atoms with van der Waals surface area (Å²) in [4.78, 5) is 14.0. The van der Waals surface area contributed by atoms with Gasteiger partial charge in [0.2, 0.25) is 0 Å². The molecule has 3 N–H and O–H groups in total. The average molecular weight is 255 g/mol. The highest BCUT2D eigenvalue weighted by Gasteiger charge is 2.39. The van der Waals surface area contributed by atoms with Crippen molar-refractivity contribution >= 4 is 6.03 Å². The Hall–Kier alpha value is -0.770. The summed E-state index contributed by atoms with van der Waals surface area (Å²) in [6, 6.07) is 0.0306. The summed E-state index contributed by atoms with van der Waals surface area (Å²) in [6.07, 6.45) is 6.62. The van der Waals surface area contributed by atoms with E-state index in [4.69, 9.17) is 5.73 Å². The first-order valence-corrected chi connectivity index (χ1v) is 7.27. The van der Waals surface area contributed by atoms with Gasteiger partial charge in [-0.25, -0.2) is 4.79 Å². The summed E-state index contributed by atoms with van der Waals surface area (Å²) < 4.78 is 0. The minimum atomic E-state index is -0.131. The fraction of sp³-hybridized carbons (Fsp3) is 0.929. The van der Waals surface area contributed by atoms with Crippen LogP contribution in [-0.4, -0.2) is 36.6 Å². The Morgan fingerprint density at radius 3 is 2.83 bits per heavy atom. The van der Waals surface area contributed by atoms with Gasteiger partial charge in [-0.05, 0) is 25.2 Å².